The largest absolute Gasteiger partial charge is 0.306 e. The van der Waals surface area contributed by atoms with Crippen LogP contribution in [0.5, 0.6) is 0 Å². The first-order valence-electron chi connectivity index (χ1n) is 7.61. The van der Waals surface area contributed by atoms with Gasteiger partial charge in [0.25, 0.3) is 0 Å². The van der Waals surface area contributed by atoms with Crippen molar-refractivity contribution in [1.29, 1.82) is 0 Å². The molecule has 0 N–H and O–H groups in total. The number of hydrogen-bond donors (Lipinski definition) is 0. The van der Waals surface area contributed by atoms with Gasteiger partial charge in [-0.3, -0.25) is 4.79 Å². The van der Waals surface area contributed by atoms with Gasteiger partial charge in [0.1, 0.15) is 0 Å². The molecule has 1 aliphatic heterocycles. The lowest BCUT2D eigenvalue weighted by Crippen LogP contribution is -2.41. The predicted molar refractivity (Wildman–Crippen MR) is 85.0 cm³/mol. The monoisotopic (exact) mass is 291 g/mol. The van der Waals surface area contributed by atoms with Gasteiger partial charge in [-0.2, -0.15) is 0 Å². The first kappa shape index (κ1) is 14.3. The summed E-state index contributed by atoms with van der Waals surface area (Å²) in [6, 6.07) is 0. The Morgan fingerprint density at radius 1 is 1.20 bits per heavy atom. The van der Waals surface area contributed by atoms with Crippen molar-refractivity contribution >= 4 is 17.1 Å². The number of thiophene rings is 1. The molecule has 1 aromatic heterocycles. The molecule has 0 radical (unpaired) electrons. The van der Waals surface area contributed by atoms with Gasteiger partial charge >= 0.3 is 0 Å². The number of fused-ring (bicyclic) bond motifs is 1. The number of hydrogen-bond acceptors (Lipinski definition) is 3. The van der Waals surface area contributed by atoms with Crippen LogP contribution in [0, 0.1) is 12.3 Å². The average molecular weight is 291 g/mol. The molecule has 3 rings (SSSR count). The van der Waals surface area contributed by atoms with Crippen LogP contribution in [0.2, 0.25) is 0 Å². The van der Waals surface area contributed by atoms with Crippen molar-refractivity contribution in [2.45, 2.75) is 52.4 Å². The van der Waals surface area contributed by atoms with E-state index in [1.165, 1.54) is 15.3 Å². The summed E-state index contributed by atoms with van der Waals surface area (Å²) in [5, 5.41) is 0. The standard InChI is InChI=1S/C17H25NOS/c1-11-12-10-17(6-8-18(5)9-7-17)14(19)13(12)15(20-11)16(2,3)4/h6-10H2,1-5H3. The number of piperidine rings is 1. The fraction of sp³-hybridized carbons (Fsp3) is 0.706. The molecular weight excluding hydrogens is 266 g/mol. The number of rotatable bonds is 0. The molecule has 0 aromatic carbocycles. The fourth-order valence-corrected chi connectivity index (χ4v) is 4.92. The Labute approximate surface area is 126 Å². The van der Waals surface area contributed by atoms with E-state index in [0.29, 0.717) is 5.78 Å². The lowest BCUT2D eigenvalue weighted by molar-refractivity contribution is 0.0669. The molecule has 1 aliphatic carbocycles. The Morgan fingerprint density at radius 2 is 1.80 bits per heavy atom. The summed E-state index contributed by atoms with van der Waals surface area (Å²) in [4.78, 5) is 18.2. The van der Waals surface area contributed by atoms with E-state index >= 15 is 0 Å². The third-order valence-electron chi connectivity index (χ3n) is 5.06. The summed E-state index contributed by atoms with van der Waals surface area (Å²) in [6.07, 6.45) is 3.06. The van der Waals surface area contributed by atoms with Gasteiger partial charge in [-0.05, 0) is 57.3 Å². The zero-order valence-corrected chi connectivity index (χ0v) is 14.1. The summed E-state index contributed by atoms with van der Waals surface area (Å²) in [5.41, 5.74) is 2.48. The molecule has 1 fully saturated rings. The lowest BCUT2D eigenvalue weighted by atomic mass is 9.74. The van der Waals surface area contributed by atoms with Crippen LogP contribution in [0.15, 0.2) is 0 Å². The molecule has 2 aliphatic rings. The minimum Gasteiger partial charge on any atom is -0.306 e. The van der Waals surface area contributed by atoms with Crippen molar-refractivity contribution in [2.24, 2.45) is 5.41 Å². The second-order valence-corrected chi connectivity index (χ2v) is 8.91. The van der Waals surface area contributed by atoms with E-state index in [4.69, 9.17) is 0 Å². The van der Waals surface area contributed by atoms with Gasteiger partial charge in [0.05, 0.1) is 0 Å². The van der Waals surface area contributed by atoms with E-state index in [-0.39, 0.29) is 10.8 Å². The van der Waals surface area contributed by atoms with E-state index in [2.05, 4.69) is 39.6 Å². The molecule has 20 heavy (non-hydrogen) atoms. The first-order chi connectivity index (χ1) is 9.24. The van der Waals surface area contributed by atoms with Crippen molar-refractivity contribution in [3.8, 4) is 0 Å². The quantitative estimate of drug-likeness (QED) is 0.724. The molecule has 3 heteroatoms. The van der Waals surface area contributed by atoms with Gasteiger partial charge < -0.3 is 4.90 Å². The Balaban J connectivity index is 2.03. The van der Waals surface area contributed by atoms with Gasteiger partial charge in [-0.15, -0.1) is 11.3 Å². The molecular formula is C17H25NOS. The number of carbonyl (C=O) groups excluding carboxylic acids is 1. The summed E-state index contributed by atoms with van der Waals surface area (Å²) < 4.78 is 0. The SMILES string of the molecule is Cc1sc(C(C)(C)C)c2c1CC1(CCN(C)CC1)C2=O. The second-order valence-electron chi connectivity index (χ2n) is 7.68. The molecule has 0 bridgehead atoms. The number of nitrogens with zero attached hydrogens (tertiary/aromatic N) is 1. The highest BCUT2D eigenvalue weighted by molar-refractivity contribution is 7.12. The Hall–Kier alpha value is -0.670. The van der Waals surface area contributed by atoms with Crippen LogP contribution in [0.1, 0.15) is 59.3 Å². The maximum absolute atomic E-state index is 13.1. The van der Waals surface area contributed by atoms with Crippen LogP contribution in [0.3, 0.4) is 0 Å². The molecule has 0 saturated carbocycles. The van der Waals surface area contributed by atoms with Crippen molar-refractivity contribution in [2.75, 3.05) is 20.1 Å². The smallest absolute Gasteiger partial charge is 0.170 e. The van der Waals surface area contributed by atoms with E-state index in [1.807, 2.05) is 11.3 Å². The van der Waals surface area contributed by atoms with Crippen LogP contribution in [0.25, 0.3) is 0 Å². The highest BCUT2D eigenvalue weighted by atomic mass is 32.1. The average Bonchev–Trinajstić information content (AvgIpc) is 2.82. The Kier molecular flexibility index (Phi) is 3.15. The number of carbonyl (C=O) groups is 1. The maximum atomic E-state index is 13.1. The second kappa shape index (κ2) is 4.41. The third kappa shape index (κ3) is 1.98. The summed E-state index contributed by atoms with van der Waals surface area (Å²) in [7, 11) is 2.16. The molecule has 2 nitrogen and oxygen atoms in total. The van der Waals surface area contributed by atoms with Gasteiger partial charge in [0, 0.05) is 20.7 Å². The first-order valence-corrected chi connectivity index (χ1v) is 8.42. The summed E-state index contributed by atoms with van der Waals surface area (Å²) in [5.74, 6) is 0.454. The van der Waals surface area contributed by atoms with E-state index < -0.39 is 0 Å². The van der Waals surface area contributed by atoms with Crippen molar-refractivity contribution < 1.29 is 4.79 Å². The summed E-state index contributed by atoms with van der Waals surface area (Å²) >= 11 is 1.84. The van der Waals surface area contributed by atoms with E-state index in [1.54, 1.807) is 0 Å². The minimum atomic E-state index is -0.0735. The predicted octanol–water partition coefficient (Wildman–Crippen LogP) is 3.80. The molecule has 2 heterocycles. The number of likely N-dealkylation sites (tertiary alicyclic amines) is 1. The molecule has 1 aromatic rings. The Bertz CT molecular complexity index is 556. The molecule has 0 atom stereocenters. The molecule has 1 saturated heterocycles. The minimum absolute atomic E-state index is 0.0735. The van der Waals surface area contributed by atoms with E-state index in [0.717, 1.165) is 37.9 Å². The maximum Gasteiger partial charge on any atom is 0.170 e. The van der Waals surface area contributed by atoms with Gasteiger partial charge in [-0.1, -0.05) is 20.8 Å². The lowest BCUT2D eigenvalue weighted by Gasteiger charge is -2.36. The van der Waals surface area contributed by atoms with Crippen molar-refractivity contribution in [3.05, 3.63) is 20.9 Å². The highest BCUT2D eigenvalue weighted by Crippen LogP contribution is 2.50. The molecule has 0 amide bonds. The van der Waals surface area contributed by atoms with Gasteiger partial charge in [0.2, 0.25) is 0 Å². The van der Waals surface area contributed by atoms with Gasteiger partial charge in [-0.25, -0.2) is 0 Å². The van der Waals surface area contributed by atoms with Crippen LogP contribution in [-0.2, 0) is 11.8 Å². The summed E-state index contributed by atoms with van der Waals surface area (Å²) in [6.45, 7) is 11.0. The zero-order chi connectivity index (χ0) is 14.7. The van der Waals surface area contributed by atoms with Crippen LogP contribution in [0.4, 0.5) is 0 Å². The van der Waals surface area contributed by atoms with Crippen molar-refractivity contribution in [3.63, 3.8) is 0 Å². The van der Waals surface area contributed by atoms with Crippen LogP contribution in [-0.4, -0.2) is 30.8 Å². The zero-order valence-electron chi connectivity index (χ0n) is 13.3. The molecule has 1 spiro atoms. The number of aryl methyl sites for hydroxylation is 1. The normalized spacial score (nSPS) is 22.6. The Morgan fingerprint density at radius 3 is 2.35 bits per heavy atom. The fourth-order valence-electron chi connectivity index (χ4n) is 3.69. The number of ketones is 1. The third-order valence-corrected chi connectivity index (χ3v) is 6.63. The molecule has 0 unspecified atom stereocenters. The van der Waals surface area contributed by atoms with E-state index in [9.17, 15) is 4.79 Å². The number of Topliss-reactive ketones (excluding diaryl/α,β-unsaturated/α-hetero) is 1. The molecule has 110 valence electrons. The van der Waals surface area contributed by atoms with Crippen molar-refractivity contribution in [1.82, 2.24) is 4.90 Å². The van der Waals surface area contributed by atoms with Gasteiger partial charge in [0.15, 0.2) is 5.78 Å². The van der Waals surface area contributed by atoms with Crippen LogP contribution >= 0.6 is 11.3 Å². The topological polar surface area (TPSA) is 20.3 Å². The highest BCUT2D eigenvalue weighted by Gasteiger charge is 2.49. The van der Waals surface area contributed by atoms with Crippen LogP contribution < -0.4 is 0 Å².